The predicted octanol–water partition coefficient (Wildman–Crippen LogP) is 2.09. The standard InChI is InChI=1S/C16H12F3NO6S/c17-16(18,19)8-3-1-2-4-9(8)27(23,24)26-20-14(21)10-6-5-7(11(10)15(20)22)13-12(6)25-13/h1-4,6-7,12-13,21-22H,5H2. The second-order valence-electron chi connectivity index (χ2n) is 6.81. The lowest BCUT2D eigenvalue weighted by Crippen LogP contribution is -2.23. The number of hydrogen-bond acceptors (Lipinski definition) is 6. The second kappa shape index (κ2) is 4.90. The van der Waals surface area contributed by atoms with E-state index in [4.69, 9.17) is 9.02 Å². The van der Waals surface area contributed by atoms with Gasteiger partial charge in [0.15, 0.2) is 0 Å². The van der Waals surface area contributed by atoms with Crippen molar-refractivity contribution in [3.05, 3.63) is 41.0 Å². The highest BCUT2D eigenvalue weighted by Gasteiger charge is 2.65. The van der Waals surface area contributed by atoms with Crippen molar-refractivity contribution in [2.24, 2.45) is 0 Å². The van der Waals surface area contributed by atoms with Crippen molar-refractivity contribution in [3.8, 4) is 11.8 Å². The Morgan fingerprint density at radius 3 is 2.19 bits per heavy atom. The van der Waals surface area contributed by atoms with Gasteiger partial charge in [0, 0.05) is 23.0 Å². The Morgan fingerprint density at radius 2 is 1.63 bits per heavy atom. The van der Waals surface area contributed by atoms with Crippen molar-refractivity contribution in [1.29, 1.82) is 0 Å². The number of rotatable bonds is 3. The summed E-state index contributed by atoms with van der Waals surface area (Å²) < 4.78 is 74.7. The van der Waals surface area contributed by atoms with Crippen LogP contribution in [-0.4, -0.2) is 35.6 Å². The highest BCUT2D eigenvalue weighted by atomic mass is 32.2. The van der Waals surface area contributed by atoms with E-state index in [0.29, 0.717) is 23.6 Å². The van der Waals surface area contributed by atoms with Gasteiger partial charge in [-0.15, -0.1) is 0 Å². The summed E-state index contributed by atoms with van der Waals surface area (Å²) in [5.74, 6) is -1.68. The molecule has 0 amide bonds. The molecule has 2 bridgehead atoms. The van der Waals surface area contributed by atoms with Crippen LogP contribution in [0.4, 0.5) is 13.2 Å². The van der Waals surface area contributed by atoms with E-state index < -0.39 is 38.5 Å². The molecule has 1 aromatic carbocycles. The summed E-state index contributed by atoms with van der Waals surface area (Å²) in [6, 6.07) is 3.52. The average molecular weight is 403 g/mol. The van der Waals surface area contributed by atoms with Crippen LogP contribution < -0.4 is 4.28 Å². The molecule has 5 rings (SSSR count). The van der Waals surface area contributed by atoms with E-state index in [0.717, 1.165) is 18.2 Å². The summed E-state index contributed by atoms with van der Waals surface area (Å²) in [7, 11) is -4.98. The lowest BCUT2D eigenvalue weighted by atomic mass is 9.95. The average Bonchev–Trinajstić information content (AvgIpc) is 3.14. The third-order valence-electron chi connectivity index (χ3n) is 5.40. The van der Waals surface area contributed by atoms with Crippen LogP contribution in [0.15, 0.2) is 29.2 Å². The number of epoxide rings is 1. The van der Waals surface area contributed by atoms with Gasteiger partial charge < -0.3 is 14.9 Å². The summed E-state index contributed by atoms with van der Waals surface area (Å²) >= 11 is 0. The van der Waals surface area contributed by atoms with Crippen LogP contribution in [0, 0.1) is 0 Å². The second-order valence-corrected chi connectivity index (χ2v) is 8.30. The van der Waals surface area contributed by atoms with Crippen molar-refractivity contribution in [2.75, 3.05) is 0 Å². The van der Waals surface area contributed by atoms with Gasteiger partial charge in [0.25, 0.3) is 0 Å². The molecule has 0 spiro atoms. The number of ether oxygens (including phenoxy) is 1. The molecule has 1 saturated heterocycles. The molecule has 2 fully saturated rings. The molecule has 1 saturated carbocycles. The van der Waals surface area contributed by atoms with E-state index in [-0.39, 0.29) is 28.8 Å². The Labute approximate surface area is 150 Å². The van der Waals surface area contributed by atoms with Crippen LogP contribution in [0.2, 0.25) is 0 Å². The molecule has 4 unspecified atom stereocenters. The number of benzene rings is 1. The number of nitrogens with zero attached hydrogens (tertiary/aromatic N) is 1. The lowest BCUT2D eigenvalue weighted by molar-refractivity contribution is -0.140. The molecule has 1 aliphatic heterocycles. The van der Waals surface area contributed by atoms with Crippen LogP contribution >= 0.6 is 0 Å². The Balaban J connectivity index is 1.57. The van der Waals surface area contributed by atoms with Crippen molar-refractivity contribution < 1.29 is 40.8 Å². The minimum Gasteiger partial charge on any atom is -0.492 e. The van der Waals surface area contributed by atoms with Crippen LogP contribution in [0.3, 0.4) is 0 Å². The quantitative estimate of drug-likeness (QED) is 0.761. The van der Waals surface area contributed by atoms with Crippen molar-refractivity contribution in [3.63, 3.8) is 0 Å². The first kappa shape index (κ1) is 16.8. The van der Waals surface area contributed by atoms with Gasteiger partial charge >= 0.3 is 16.3 Å². The minimum absolute atomic E-state index is 0.0915. The third kappa shape index (κ3) is 2.15. The molecule has 4 atom stereocenters. The number of fused-ring (bicyclic) bond motifs is 8. The van der Waals surface area contributed by atoms with Gasteiger partial charge in [-0.1, -0.05) is 16.9 Å². The molecule has 2 aromatic rings. The summed E-state index contributed by atoms with van der Waals surface area (Å²) in [6.07, 6.45) is -4.45. The Morgan fingerprint density at radius 1 is 1.07 bits per heavy atom. The highest BCUT2D eigenvalue weighted by Crippen LogP contribution is 2.66. The fourth-order valence-electron chi connectivity index (χ4n) is 4.31. The molecular weight excluding hydrogens is 391 g/mol. The normalized spacial score (nSPS) is 28.1. The van der Waals surface area contributed by atoms with Crippen LogP contribution in [0.1, 0.15) is 34.9 Å². The maximum atomic E-state index is 13.1. The Hall–Kier alpha value is -2.40. The molecule has 11 heteroatoms. The SMILES string of the molecule is O=S(=O)(On1c(O)c2c(c1O)C1CC2C2OC12)c1ccccc1C(F)(F)F. The van der Waals surface area contributed by atoms with Gasteiger partial charge in [-0.3, -0.25) is 4.28 Å². The molecule has 2 heterocycles. The van der Waals surface area contributed by atoms with E-state index >= 15 is 0 Å². The summed E-state index contributed by atoms with van der Waals surface area (Å²) in [4.78, 5) is -1.11. The molecule has 2 N–H and O–H groups in total. The number of alkyl halides is 3. The van der Waals surface area contributed by atoms with Crippen LogP contribution in [-0.2, 0) is 21.0 Å². The van der Waals surface area contributed by atoms with E-state index in [2.05, 4.69) is 0 Å². The summed E-state index contributed by atoms with van der Waals surface area (Å²) in [5, 5.41) is 20.7. The molecule has 0 radical (unpaired) electrons. The predicted molar refractivity (Wildman–Crippen MR) is 81.7 cm³/mol. The van der Waals surface area contributed by atoms with E-state index in [9.17, 15) is 31.8 Å². The zero-order valence-electron chi connectivity index (χ0n) is 13.3. The zero-order chi connectivity index (χ0) is 19.3. The van der Waals surface area contributed by atoms with Gasteiger partial charge in [-0.05, 0) is 18.6 Å². The van der Waals surface area contributed by atoms with Crippen LogP contribution in [0.5, 0.6) is 11.8 Å². The van der Waals surface area contributed by atoms with Gasteiger partial charge in [0.1, 0.15) is 4.90 Å². The maximum absolute atomic E-state index is 13.1. The lowest BCUT2D eigenvalue weighted by Gasteiger charge is -2.15. The van der Waals surface area contributed by atoms with Gasteiger partial charge in [-0.25, -0.2) is 0 Å². The molecule has 1 aromatic heterocycles. The zero-order valence-corrected chi connectivity index (χ0v) is 14.2. The molecule has 144 valence electrons. The topological polar surface area (TPSA) is 101 Å². The van der Waals surface area contributed by atoms with E-state index in [1.54, 1.807) is 0 Å². The van der Waals surface area contributed by atoms with Gasteiger partial charge in [0.05, 0.1) is 17.8 Å². The van der Waals surface area contributed by atoms with Crippen molar-refractivity contribution in [1.82, 2.24) is 4.73 Å². The largest absolute Gasteiger partial charge is 0.492 e. The summed E-state index contributed by atoms with van der Waals surface area (Å²) in [6.45, 7) is 0. The maximum Gasteiger partial charge on any atom is 0.417 e. The summed E-state index contributed by atoms with van der Waals surface area (Å²) in [5.41, 5.74) is -0.746. The van der Waals surface area contributed by atoms with Crippen molar-refractivity contribution >= 4 is 10.1 Å². The van der Waals surface area contributed by atoms with Crippen molar-refractivity contribution in [2.45, 2.75) is 41.5 Å². The minimum atomic E-state index is -4.98. The fourth-order valence-corrected chi connectivity index (χ4v) is 5.42. The number of aromatic nitrogens is 1. The van der Waals surface area contributed by atoms with E-state index in [1.165, 1.54) is 0 Å². The molecule has 27 heavy (non-hydrogen) atoms. The third-order valence-corrected chi connectivity index (χ3v) is 6.64. The molecule has 2 aliphatic carbocycles. The Kier molecular flexibility index (Phi) is 3.04. The van der Waals surface area contributed by atoms with E-state index in [1.807, 2.05) is 0 Å². The highest BCUT2D eigenvalue weighted by molar-refractivity contribution is 7.87. The van der Waals surface area contributed by atoms with Gasteiger partial charge in [-0.2, -0.15) is 21.6 Å². The van der Waals surface area contributed by atoms with Crippen LogP contribution in [0.25, 0.3) is 0 Å². The smallest absolute Gasteiger partial charge is 0.417 e. The first-order chi connectivity index (χ1) is 12.6. The first-order valence-electron chi connectivity index (χ1n) is 8.04. The first-order valence-corrected chi connectivity index (χ1v) is 9.45. The molecule has 7 nitrogen and oxygen atoms in total. The number of hydrogen-bond donors (Lipinski definition) is 2. The van der Waals surface area contributed by atoms with Gasteiger partial charge in [0.2, 0.25) is 11.8 Å². The number of halogens is 3. The molecule has 3 aliphatic rings. The fraction of sp³-hybridized carbons (Fsp3) is 0.375. The Bertz CT molecular complexity index is 1040. The number of aromatic hydroxyl groups is 2. The molecular formula is C16H12F3NO6S. The monoisotopic (exact) mass is 403 g/mol.